The predicted octanol–water partition coefficient (Wildman–Crippen LogP) is 2.39. The molecule has 170 valence electrons. The van der Waals surface area contributed by atoms with Gasteiger partial charge >= 0.3 is 0 Å². The second kappa shape index (κ2) is 14.2. The fourth-order valence-corrected chi connectivity index (χ4v) is 3.71. The van der Waals surface area contributed by atoms with Crippen LogP contribution < -0.4 is 10.6 Å². The highest BCUT2D eigenvalue weighted by atomic mass is 127. The van der Waals surface area contributed by atoms with Gasteiger partial charge < -0.3 is 24.8 Å². The van der Waals surface area contributed by atoms with Crippen molar-refractivity contribution in [2.45, 2.75) is 45.1 Å². The minimum atomic E-state index is 0. The SMILES string of the molecule is CN=C(NCCCOC1CCOC1)NCc1cccc(CN2CCOC(C)C2)c1.I. The van der Waals surface area contributed by atoms with Gasteiger partial charge in [-0.2, -0.15) is 0 Å². The van der Waals surface area contributed by atoms with Crippen LogP contribution in [0.4, 0.5) is 0 Å². The molecule has 0 bridgehead atoms. The predicted molar refractivity (Wildman–Crippen MR) is 131 cm³/mol. The largest absolute Gasteiger partial charge is 0.379 e. The summed E-state index contributed by atoms with van der Waals surface area (Å²) >= 11 is 0. The zero-order valence-corrected chi connectivity index (χ0v) is 20.6. The number of halogens is 1. The van der Waals surface area contributed by atoms with Crippen molar-refractivity contribution in [1.82, 2.24) is 15.5 Å². The monoisotopic (exact) mass is 532 g/mol. The molecule has 2 N–H and O–H groups in total. The van der Waals surface area contributed by atoms with Crippen LogP contribution in [0.2, 0.25) is 0 Å². The molecule has 0 aromatic heterocycles. The number of nitrogens with zero attached hydrogens (tertiary/aromatic N) is 2. The first kappa shape index (κ1) is 25.3. The Bertz CT molecular complexity index is 641. The highest BCUT2D eigenvalue weighted by Gasteiger charge is 2.17. The molecule has 2 saturated heterocycles. The van der Waals surface area contributed by atoms with Crippen molar-refractivity contribution in [3.05, 3.63) is 35.4 Å². The molecule has 0 radical (unpaired) electrons. The average molecular weight is 532 g/mol. The van der Waals surface area contributed by atoms with Gasteiger partial charge in [0.25, 0.3) is 0 Å². The second-order valence-corrected chi connectivity index (χ2v) is 7.80. The molecule has 8 heteroatoms. The minimum absolute atomic E-state index is 0. The lowest BCUT2D eigenvalue weighted by Gasteiger charge is -2.31. The van der Waals surface area contributed by atoms with Crippen LogP contribution >= 0.6 is 24.0 Å². The highest BCUT2D eigenvalue weighted by Crippen LogP contribution is 2.12. The van der Waals surface area contributed by atoms with Gasteiger partial charge in [0, 0.05) is 53.0 Å². The lowest BCUT2D eigenvalue weighted by molar-refractivity contribution is -0.0212. The van der Waals surface area contributed by atoms with Crippen LogP contribution in [-0.4, -0.2) is 76.2 Å². The number of morpholine rings is 1. The Morgan fingerprint density at radius 2 is 2.13 bits per heavy atom. The molecule has 0 saturated carbocycles. The van der Waals surface area contributed by atoms with Crippen LogP contribution in [0.25, 0.3) is 0 Å². The van der Waals surface area contributed by atoms with Crippen molar-refractivity contribution in [2.24, 2.45) is 4.99 Å². The van der Waals surface area contributed by atoms with E-state index < -0.39 is 0 Å². The standard InChI is InChI=1S/C22H36N4O3.HI/c1-18-15-26(9-12-28-18)16-20-6-3-5-19(13-20)14-25-22(23-2)24-8-4-10-29-21-7-11-27-17-21;/h3,5-6,13,18,21H,4,7-12,14-17H2,1-2H3,(H2,23,24,25);1H. The smallest absolute Gasteiger partial charge is 0.191 e. The van der Waals surface area contributed by atoms with E-state index in [0.29, 0.717) is 6.10 Å². The first-order valence-electron chi connectivity index (χ1n) is 10.8. The third-order valence-corrected chi connectivity index (χ3v) is 5.26. The summed E-state index contributed by atoms with van der Waals surface area (Å²) in [4.78, 5) is 6.77. The van der Waals surface area contributed by atoms with E-state index in [-0.39, 0.29) is 30.1 Å². The molecule has 0 amide bonds. The van der Waals surface area contributed by atoms with Gasteiger partial charge in [-0.25, -0.2) is 0 Å². The molecule has 2 fully saturated rings. The number of ether oxygens (including phenoxy) is 3. The summed E-state index contributed by atoms with van der Waals surface area (Å²) in [5.74, 6) is 0.821. The number of hydrogen-bond donors (Lipinski definition) is 2. The zero-order chi connectivity index (χ0) is 20.3. The zero-order valence-electron chi connectivity index (χ0n) is 18.3. The van der Waals surface area contributed by atoms with E-state index in [1.807, 2.05) is 0 Å². The van der Waals surface area contributed by atoms with Gasteiger partial charge in [0.2, 0.25) is 0 Å². The Morgan fingerprint density at radius 1 is 1.27 bits per heavy atom. The number of rotatable bonds is 9. The molecule has 2 atom stereocenters. The molecule has 0 aliphatic carbocycles. The molecule has 3 rings (SSSR count). The third-order valence-electron chi connectivity index (χ3n) is 5.26. The van der Waals surface area contributed by atoms with Crippen LogP contribution in [0.3, 0.4) is 0 Å². The van der Waals surface area contributed by atoms with Crippen LogP contribution in [0.1, 0.15) is 30.9 Å². The minimum Gasteiger partial charge on any atom is -0.379 e. The molecule has 30 heavy (non-hydrogen) atoms. The summed E-state index contributed by atoms with van der Waals surface area (Å²) in [6, 6.07) is 8.77. The molecule has 7 nitrogen and oxygen atoms in total. The molecule has 2 unspecified atom stereocenters. The molecule has 2 aliphatic rings. The first-order chi connectivity index (χ1) is 14.2. The summed E-state index contributed by atoms with van der Waals surface area (Å²) < 4.78 is 16.7. The van der Waals surface area contributed by atoms with Gasteiger partial charge in [0.15, 0.2) is 5.96 Å². The fraction of sp³-hybridized carbons (Fsp3) is 0.682. The van der Waals surface area contributed by atoms with E-state index in [4.69, 9.17) is 14.2 Å². The Labute approximate surface area is 197 Å². The Kier molecular flexibility index (Phi) is 12.0. The van der Waals surface area contributed by atoms with Gasteiger partial charge in [-0.05, 0) is 30.9 Å². The van der Waals surface area contributed by atoms with Crippen molar-refractivity contribution >= 4 is 29.9 Å². The first-order valence-corrected chi connectivity index (χ1v) is 10.8. The molecule has 1 aromatic carbocycles. The van der Waals surface area contributed by atoms with Crippen molar-refractivity contribution in [3.8, 4) is 0 Å². The van der Waals surface area contributed by atoms with E-state index in [9.17, 15) is 0 Å². The lowest BCUT2D eigenvalue weighted by atomic mass is 10.1. The van der Waals surface area contributed by atoms with Crippen molar-refractivity contribution in [3.63, 3.8) is 0 Å². The maximum absolute atomic E-state index is 5.79. The Balaban J connectivity index is 0.00000320. The van der Waals surface area contributed by atoms with E-state index in [2.05, 4.69) is 51.7 Å². The third kappa shape index (κ3) is 9.05. The topological polar surface area (TPSA) is 67.4 Å². The van der Waals surface area contributed by atoms with Crippen molar-refractivity contribution in [1.29, 1.82) is 0 Å². The maximum atomic E-state index is 5.79. The summed E-state index contributed by atoms with van der Waals surface area (Å²) in [5, 5.41) is 6.76. The molecular formula is C22H37IN4O3. The van der Waals surface area contributed by atoms with Gasteiger partial charge in [-0.3, -0.25) is 9.89 Å². The average Bonchev–Trinajstić information content (AvgIpc) is 3.24. The van der Waals surface area contributed by atoms with E-state index in [1.165, 1.54) is 11.1 Å². The molecule has 1 aromatic rings. The van der Waals surface area contributed by atoms with E-state index in [0.717, 1.165) is 78.0 Å². The summed E-state index contributed by atoms with van der Waals surface area (Å²) in [6.45, 7) is 9.83. The maximum Gasteiger partial charge on any atom is 0.191 e. The normalized spacial score (nSPS) is 22.5. The quantitative estimate of drug-likeness (QED) is 0.221. The second-order valence-electron chi connectivity index (χ2n) is 7.80. The van der Waals surface area contributed by atoms with Gasteiger partial charge in [-0.15, -0.1) is 24.0 Å². The number of aliphatic imine (C=N–C) groups is 1. The van der Waals surface area contributed by atoms with Gasteiger partial charge in [-0.1, -0.05) is 24.3 Å². The van der Waals surface area contributed by atoms with Crippen LogP contribution in [0, 0.1) is 0 Å². The van der Waals surface area contributed by atoms with E-state index in [1.54, 1.807) is 7.05 Å². The van der Waals surface area contributed by atoms with Crippen molar-refractivity contribution in [2.75, 3.05) is 53.1 Å². The molecule has 0 spiro atoms. The van der Waals surface area contributed by atoms with E-state index >= 15 is 0 Å². The fourth-order valence-electron chi connectivity index (χ4n) is 3.71. The number of benzene rings is 1. The van der Waals surface area contributed by atoms with Gasteiger partial charge in [0.1, 0.15) is 0 Å². The summed E-state index contributed by atoms with van der Waals surface area (Å²) in [6.07, 6.45) is 2.56. The van der Waals surface area contributed by atoms with Crippen LogP contribution in [-0.2, 0) is 27.3 Å². The lowest BCUT2D eigenvalue weighted by Crippen LogP contribution is -2.40. The van der Waals surface area contributed by atoms with Crippen LogP contribution in [0.5, 0.6) is 0 Å². The highest BCUT2D eigenvalue weighted by molar-refractivity contribution is 14.0. The summed E-state index contributed by atoms with van der Waals surface area (Å²) in [7, 11) is 1.80. The Morgan fingerprint density at radius 3 is 2.90 bits per heavy atom. The number of nitrogens with one attached hydrogen (secondary N) is 2. The van der Waals surface area contributed by atoms with Crippen molar-refractivity contribution < 1.29 is 14.2 Å². The number of hydrogen-bond acceptors (Lipinski definition) is 5. The number of guanidine groups is 1. The van der Waals surface area contributed by atoms with Gasteiger partial charge in [0.05, 0.1) is 25.4 Å². The van der Waals surface area contributed by atoms with Crippen LogP contribution in [0.15, 0.2) is 29.3 Å². The Hall–Kier alpha value is -0.940. The molecule has 2 aliphatic heterocycles. The molecule has 2 heterocycles. The molecular weight excluding hydrogens is 495 g/mol. The summed E-state index contributed by atoms with van der Waals surface area (Å²) in [5.41, 5.74) is 2.60.